The third-order valence-corrected chi connectivity index (χ3v) is 7.04. The summed E-state index contributed by atoms with van der Waals surface area (Å²) in [6.45, 7) is 4.23. The van der Waals surface area contributed by atoms with Gasteiger partial charge in [-0.2, -0.15) is 0 Å². The maximum atomic E-state index is 12.8. The Balaban J connectivity index is 2.16. The van der Waals surface area contributed by atoms with Crippen molar-refractivity contribution in [3.63, 3.8) is 0 Å². The summed E-state index contributed by atoms with van der Waals surface area (Å²) >= 11 is 0. The highest BCUT2D eigenvalue weighted by atomic mass is 32.2. The standard InChI is InChI=1S/C20H26O2S/c1-3-5-13-20(4-2,15-21)16-23-14-9-12-18(23)19(22)17-10-7-6-8-11-17/h6-12,14-15,23H,3-5,13,16H2,1-2H3. The zero-order valence-electron chi connectivity index (χ0n) is 14.0. The van der Waals surface area contributed by atoms with E-state index in [1.807, 2.05) is 42.5 Å². The van der Waals surface area contributed by atoms with E-state index in [0.29, 0.717) is 0 Å². The average Bonchev–Trinajstić information content (AvgIpc) is 3.06. The Labute approximate surface area is 142 Å². The van der Waals surface area contributed by atoms with Crippen LogP contribution in [0, 0.1) is 5.41 Å². The van der Waals surface area contributed by atoms with E-state index >= 15 is 0 Å². The van der Waals surface area contributed by atoms with Crippen LogP contribution in [0.4, 0.5) is 0 Å². The van der Waals surface area contributed by atoms with Gasteiger partial charge in [0.25, 0.3) is 0 Å². The minimum Gasteiger partial charge on any atom is -0.303 e. The highest BCUT2D eigenvalue weighted by Crippen LogP contribution is 2.48. The van der Waals surface area contributed by atoms with Crippen molar-refractivity contribution in [3.8, 4) is 0 Å². The van der Waals surface area contributed by atoms with Crippen LogP contribution < -0.4 is 0 Å². The molecule has 1 aromatic rings. The highest BCUT2D eigenvalue weighted by Gasteiger charge is 2.32. The van der Waals surface area contributed by atoms with Gasteiger partial charge < -0.3 is 4.79 Å². The summed E-state index contributed by atoms with van der Waals surface area (Å²) in [5.74, 6) is 0.900. The van der Waals surface area contributed by atoms with Gasteiger partial charge in [0.05, 0.1) is 0 Å². The van der Waals surface area contributed by atoms with Gasteiger partial charge in [-0.1, -0.05) is 63.1 Å². The minimum absolute atomic E-state index is 0.105. The second kappa shape index (κ2) is 8.30. The first-order chi connectivity index (χ1) is 11.2. The summed E-state index contributed by atoms with van der Waals surface area (Å²) in [5.41, 5.74) is 0.448. The topological polar surface area (TPSA) is 34.1 Å². The van der Waals surface area contributed by atoms with Crippen molar-refractivity contribution in [3.05, 3.63) is 58.4 Å². The molecule has 124 valence electrons. The van der Waals surface area contributed by atoms with Gasteiger partial charge in [0.1, 0.15) is 6.29 Å². The molecule has 2 unspecified atom stereocenters. The van der Waals surface area contributed by atoms with E-state index in [4.69, 9.17) is 0 Å². The number of rotatable bonds is 9. The second-order valence-corrected chi connectivity index (χ2v) is 8.19. The fourth-order valence-electron chi connectivity index (χ4n) is 2.91. The largest absolute Gasteiger partial charge is 0.303 e. The van der Waals surface area contributed by atoms with Crippen LogP contribution in [0.5, 0.6) is 0 Å². The maximum absolute atomic E-state index is 12.8. The molecule has 1 aliphatic heterocycles. The van der Waals surface area contributed by atoms with E-state index < -0.39 is 10.9 Å². The van der Waals surface area contributed by atoms with Crippen LogP contribution in [0.15, 0.2) is 52.8 Å². The molecule has 0 amide bonds. The van der Waals surface area contributed by atoms with Crippen molar-refractivity contribution in [1.82, 2.24) is 0 Å². The number of carbonyl (C=O) groups excluding carboxylic acids is 2. The molecular weight excluding hydrogens is 304 g/mol. The van der Waals surface area contributed by atoms with Crippen LogP contribution in [-0.4, -0.2) is 17.8 Å². The van der Waals surface area contributed by atoms with Crippen molar-refractivity contribution in [2.24, 2.45) is 5.41 Å². The number of aldehydes is 1. The Kier molecular flexibility index (Phi) is 6.40. The first-order valence-corrected chi connectivity index (χ1v) is 9.96. The van der Waals surface area contributed by atoms with E-state index in [1.54, 1.807) is 0 Å². The first kappa shape index (κ1) is 17.7. The molecule has 0 N–H and O–H groups in total. The molecule has 0 spiro atoms. The van der Waals surface area contributed by atoms with E-state index in [9.17, 15) is 9.59 Å². The summed E-state index contributed by atoms with van der Waals surface area (Å²) in [6, 6.07) is 9.42. The van der Waals surface area contributed by atoms with Gasteiger partial charge in [-0.15, -0.1) is 0 Å². The van der Waals surface area contributed by atoms with Gasteiger partial charge in [0.2, 0.25) is 0 Å². The highest BCUT2D eigenvalue weighted by molar-refractivity contribution is 8.23. The number of carbonyl (C=O) groups is 2. The molecule has 0 aromatic heterocycles. The van der Waals surface area contributed by atoms with Crippen molar-refractivity contribution in [1.29, 1.82) is 0 Å². The normalized spacial score (nSPS) is 20.8. The molecule has 2 atom stereocenters. The summed E-state index contributed by atoms with van der Waals surface area (Å²) < 4.78 is 0. The average molecular weight is 330 g/mol. The summed E-state index contributed by atoms with van der Waals surface area (Å²) in [6.07, 6.45) is 8.97. The molecule has 0 saturated carbocycles. The van der Waals surface area contributed by atoms with E-state index in [1.165, 1.54) is 0 Å². The van der Waals surface area contributed by atoms with E-state index in [-0.39, 0.29) is 11.2 Å². The van der Waals surface area contributed by atoms with Crippen molar-refractivity contribution < 1.29 is 9.59 Å². The number of benzene rings is 1. The molecule has 2 nitrogen and oxygen atoms in total. The van der Waals surface area contributed by atoms with Gasteiger partial charge in [0.15, 0.2) is 5.78 Å². The van der Waals surface area contributed by atoms with E-state index in [0.717, 1.165) is 48.2 Å². The monoisotopic (exact) mass is 330 g/mol. The zero-order chi connectivity index (χ0) is 16.7. The Morgan fingerprint density at radius 2 is 1.96 bits per heavy atom. The molecule has 1 aromatic carbocycles. The molecule has 0 saturated heterocycles. The van der Waals surface area contributed by atoms with Gasteiger partial charge in [-0.25, -0.2) is 10.9 Å². The Bertz CT molecular complexity index is 603. The molecule has 0 fully saturated rings. The number of hydrogen-bond acceptors (Lipinski definition) is 2. The lowest BCUT2D eigenvalue weighted by Gasteiger charge is -2.31. The number of thiol groups is 1. The van der Waals surface area contributed by atoms with Crippen molar-refractivity contribution in [2.45, 2.75) is 39.5 Å². The van der Waals surface area contributed by atoms with Gasteiger partial charge in [-0.3, -0.25) is 4.79 Å². The first-order valence-electron chi connectivity index (χ1n) is 8.37. The molecule has 2 rings (SSSR count). The smallest absolute Gasteiger partial charge is 0.197 e. The third-order valence-electron chi connectivity index (χ3n) is 4.57. The number of Topliss-reactive ketones (excluding diaryl/α,β-unsaturated/α-hetero) is 1. The fraction of sp³-hybridized carbons (Fsp3) is 0.400. The number of ketones is 1. The molecule has 0 bridgehead atoms. The molecule has 1 aliphatic rings. The zero-order valence-corrected chi connectivity index (χ0v) is 14.9. The van der Waals surface area contributed by atoms with Gasteiger partial charge in [0, 0.05) is 15.9 Å². The predicted octanol–water partition coefficient (Wildman–Crippen LogP) is 5.07. The summed E-state index contributed by atoms with van der Waals surface area (Å²) in [5, 5.41) is 2.13. The number of hydrogen-bond donors (Lipinski definition) is 1. The van der Waals surface area contributed by atoms with Crippen LogP contribution >= 0.6 is 10.9 Å². The quantitative estimate of drug-likeness (QED) is 0.390. The lowest BCUT2D eigenvalue weighted by Crippen LogP contribution is -2.27. The predicted molar refractivity (Wildman–Crippen MR) is 100 cm³/mol. The number of unbranched alkanes of at least 4 members (excludes halogenated alkanes) is 1. The summed E-state index contributed by atoms with van der Waals surface area (Å²) in [4.78, 5) is 25.4. The Morgan fingerprint density at radius 3 is 2.57 bits per heavy atom. The molecule has 0 radical (unpaired) electrons. The minimum atomic E-state index is -0.688. The van der Waals surface area contributed by atoms with E-state index in [2.05, 4.69) is 19.3 Å². The lowest BCUT2D eigenvalue weighted by molar-refractivity contribution is -0.115. The molecular formula is C20H26O2S. The molecule has 0 aliphatic carbocycles. The fourth-order valence-corrected chi connectivity index (χ4v) is 5.44. The summed E-state index contributed by atoms with van der Waals surface area (Å²) in [7, 11) is -0.688. The molecule has 1 heterocycles. The third kappa shape index (κ3) is 4.23. The van der Waals surface area contributed by atoms with Crippen LogP contribution in [-0.2, 0) is 4.79 Å². The Hall–Kier alpha value is -1.61. The van der Waals surface area contributed by atoms with Crippen molar-refractivity contribution >= 4 is 23.0 Å². The van der Waals surface area contributed by atoms with Crippen molar-refractivity contribution in [2.75, 3.05) is 5.75 Å². The second-order valence-electron chi connectivity index (χ2n) is 6.15. The van der Waals surface area contributed by atoms with Gasteiger partial charge in [-0.05, 0) is 30.1 Å². The van der Waals surface area contributed by atoms with Crippen LogP contribution in [0.2, 0.25) is 0 Å². The molecule has 3 heteroatoms. The van der Waals surface area contributed by atoms with Crippen LogP contribution in [0.1, 0.15) is 49.9 Å². The SMILES string of the molecule is CCCCC(C=O)(CC)C[SH]1C=CC=C1C(=O)c1ccccc1. The Morgan fingerprint density at radius 1 is 1.22 bits per heavy atom. The van der Waals surface area contributed by atoms with Gasteiger partial charge >= 0.3 is 0 Å². The van der Waals surface area contributed by atoms with Crippen LogP contribution in [0.25, 0.3) is 0 Å². The lowest BCUT2D eigenvalue weighted by atomic mass is 9.84. The molecule has 23 heavy (non-hydrogen) atoms. The van der Waals surface area contributed by atoms with Crippen LogP contribution in [0.3, 0.4) is 0 Å². The number of allylic oxidation sites excluding steroid dienone is 3. The maximum Gasteiger partial charge on any atom is 0.197 e.